The summed E-state index contributed by atoms with van der Waals surface area (Å²) >= 11 is 0. The van der Waals surface area contributed by atoms with Crippen LogP contribution in [0.3, 0.4) is 0 Å². The van der Waals surface area contributed by atoms with Gasteiger partial charge in [-0.2, -0.15) is 0 Å². The highest BCUT2D eigenvalue weighted by Crippen LogP contribution is 2.18. The third-order valence-electron chi connectivity index (χ3n) is 3.40. The number of benzene rings is 1. The Bertz CT molecular complexity index is 581. The first kappa shape index (κ1) is 15.1. The van der Waals surface area contributed by atoms with Crippen molar-refractivity contribution in [2.75, 3.05) is 13.7 Å². The number of aromatic nitrogens is 1. The van der Waals surface area contributed by atoms with Crippen LogP contribution in [0.1, 0.15) is 24.6 Å². The standard InChI is InChI=1S/C16H20N2O3/c1-12(18-8-3-4-9-18)16(20)17-11-15(19)13-6-5-7-14(10-13)21-2/h3-10,12,15,19H,11H2,1-2H3,(H,17,20). The molecule has 0 aliphatic carbocycles. The molecule has 2 atom stereocenters. The Morgan fingerprint density at radius 2 is 2.05 bits per heavy atom. The molecule has 0 radical (unpaired) electrons. The molecule has 0 saturated heterocycles. The Morgan fingerprint density at radius 1 is 1.33 bits per heavy atom. The van der Waals surface area contributed by atoms with Crippen LogP contribution in [-0.4, -0.2) is 29.2 Å². The molecule has 0 fully saturated rings. The molecule has 2 N–H and O–H groups in total. The van der Waals surface area contributed by atoms with Gasteiger partial charge in [-0.3, -0.25) is 4.79 Å². The molecule has 2 rings (SSSR count). The van der Waals surface area contributed by atoms with Gasteiger partial charge >= 0.3 is 0 Å². The number of hydrogen-bond acceptors (Lipinski definition) is 3. The second-order valence-electron chi connectivity index (χ2n) is 4.84. The van der Waals surface area contributed by atoms with Crippen LogP contribution < -0.4 is 10.1 Å². The summed E-state index contributed by atoms with van der Waals surface area (Å²) in [4.78, 5) is 12.0. The molecular weight excluding hydrogens is 268 g/mol. The van der Waals surface area contributed by atoms with Crippen molar-refractivity contribution in [2.45, 2.75) is 19.1 Å². The molecule has 0 saturated carbocycles. The SMILES string of the molecule is COc1cccc(C(O)CNC(=O)C(C)n2cccc2)c1. The van der Waals surface area contributed by atoms with Crippen LogP contribution in [0.4, 0.5) is 0 Å². The van der Waals surface area contributed by atoms with Crippen molar-refractivity contribution in [3.63, 3.8) is 0 Å². The fourth-order valence-corrected chi connectivity index (χ4v) is 2.05. The molecule has 1 aromatic heterocycles. The topological polar surface area (TPSA) is 63.5 Å². The van der Waals surface area contributed by atoms with Crippen LogP contribution in [0.2, 0.25) is 0 Å². The van der Waals surface area contributed by atoms with Gasteiger partial charge in [0.2, 0.25) is 5.91 Å². The monoisotopic (exact) mass is 288 g/mol. The van der Waals surface area contributed by atoms with Crippen molar-refractivity contribution >= 4 is 5.91 Å². The number of ether oxygens (including phenoxy) is 1. The predicted molar refractivity (Wildman–Crippen MR) is 80.1 cm³/mol. The summed E-state index contributed by atoms with van der Waals surface area (Å²) in [7, 11) is 1.58. The first-order valence-corrected chi connectivity index (χ1v) is 6.84. The molecule has 0 spiro atoms. The number of amides is 1. The predicted octanol–water partition coefficient (Wildman–Crippen LogP) is 1.91. The zero-order valence-electron chi connectivity index (χ0n) is 12.2. The Hall–Kier alpha value is -2.27. The fourth-order valence-electron chi connectivity index (χ4n) is 2.05. The quantitative estimate of drug-likeness (QED) is 0.853. The van der Waals surface area contributed by atoms with E-state index in [0.29, 0.717) is 11.3 Å². The fraction of sp³-hybridized carbons (Fsp3) is 0.312. The van der Waals surface area contributed by atoms with Crippen molar-refractivity contribution in [1.29, 1.82) is 0 Å². The van der Waals surface area contributed by atoms with E-state index in [1.54, 1.807) is 19.2 Å². The van der Waals surface area contributed by atoms with E-state index in [1.807, 2.05) is 48.1 Å². The third-order valence-corrected chi connectivity index (χ3v) is 3.40. The maximum Gasteiger partial charge on any atom is 0.242 e. The first-order chi connectivity index (χ1) is 10.1. The summed E-state index contributed by atoms with van der Waals surface area (Å²) in [6.45, 7) is 1.98. The van der Waals surface area contributed by atoms with Crippen molar-refractivity contribution in [3.05, 3.63) is 54.4 Å². The highest BCUT2D eigenvalue weighted by molar-refractivity contribution is 5.79. The molecule has 2 unspecified atom stereocenters. The average Bonchev–Trinajstić information content (AvgIpc) is 3.05. The summed E-state index contributed by atoms with van der Waals surface area (Å²) in [6, 6.07) is 10.6. The molecule has 0 aliphatic heterocycles. The van der Waals surface area contributed by atoms with Gasteiger partial charge in [-0.1, -0.05) is 12.1 Å². The van der Waals surface area contributed by atoms with Crippen molar-refractivity contribution in [3.8, 4) is 5.75 Å². The molecule has 112 valence electrons. The number of methoxy groups -OCH3 is 1. The number of aliphatic hydroxyl groups excluding tert-OH is 1. The van der Waals surface area contributed by atoms with Gasteiger partial charge in [-0.15, -0.1) is 0 Å². The molecular formula is C16H20N2O3. The molecule has 1 aromatic carbocycles. The number of carbonyl (C=O) groups excluding carboxylic acids is 1. The van der Waals surface area contributed by atoms with E-state index in [2.05, 4.69) is 5.32 Å². The smallest absolute Gasteiger partial charge is 0.242 e. The minimum absolute atomic E-state index is 0.131. The van der Waals surface area contributed by atoms with Crippen LogP contribution in [-0.2, 0) is 4.79 Å². The van der Waals surface area contributed by atoms with Crippen LogP contribution >= 0.6 is 0 Å². The first-order valence-electron chi connectivity index (χ1n) is 6.84. The van der Waals surface area contributed by atoms with Crippen LogP contribution in [0.15, 0.2) is 48.8 Å². The van der Waals surface area contributed by atoms with Crippen LogP contribution in [0.5, 0.6) is 5.75 Å². The summed E-state index contributed by atoms with van der Waals surface area (Å²) in [5.74, 6) is 0.548. The third kappa shape index (κ3) is 3.86. The number of nitrogens with zero attached hydrogens (tertiary/aromatic N) is 1. The minimum Gasteiger partial charge on any atom is -0.497 e. The Kier molecular flexibility index (Phi) is 5.00. The lowest BCUT2D eigenvalue weighted by Crippen LogP contribution is -2.33. The Balaban J connectivity index is 1.91. The van der Waals surface area contributed by atoms with Gasteiger partial charge in [0.1, 0.15) is 11.8 Å². The van der Waals surface area contributed by atoms with Crippen LogP contribution in [0.25, 0.3) is 0 Å². The number of nitrogens with one attached hydrogen (secondary N) is 1. The number of rotatable bonds is 6. The number of aliphatic hydroxyl groups is 1. The second kappa shape index (κ2) is 6.95. The normalized spacial score (nSPS) is 13.5. The van der Waals surface area contributed by atoms with Gasteiger partial charge in [0.15, 0.2) is 0 Å². The van der Waals surface area contributed by atoms with Crippen LogP contribution in [0, 0.1) is 0 Å². The Morgan fingerprint density at radius 3 is 2.71 bits per heavy atom. The highest BCUT2D eigenvalue weighted by Gasteiger charge is 2.15. The maximum atomic E-state index is 12.0. The van der Waals surface area contributed by atoms with Gasteiger partial charge in [0.05, 0.1) is 13.2 Å². The van der Waals surface area contributed by atoms with E-state index >= 15 is 0 Å². The summed E-state index contributed by atoms with van der Waals surface area (Å²) in [5, 5.41) is 12.9. The lowest BCUT2D eigenvalue weighted by molar-refractivity contribution is -0.124. The van der Waals surface area contributed by atoms with E-state index in [1.165, 1.54) is 0 Å². The minimum atomic E-state index is -0.763. The molecule has 0 bridgehead atoms. The van der Waals surface area contributed by atoms with Gasteiger partial charge < -0.3 is 19.7 Å². The average molecular weight is 288 g/mol. The zero-order valence-corrected chi connectivity index (χ0v) is 12.2. The summed E-state index contributed by atoms with van der Waals surface area (Å²) < 4.78 is 6.93. The van der Waals surface area contributed by atoms with E-state index in [-0.39, 0.29) is 18.5 Å². The van der Waals surface area contributed by atoms with Gasteiger partial charge in [0.25, 0.3) is 0 Å². The van der Waals surface area contributed by atoms with Gasteiger partial charge in [0, 0.05) is 18.9 Å². The molecule has 1 heterocycles. The lowest BCUT2D eigenvalue weighted by Gasteiger charge is -2.17. The highest BCUT2D eigenvalue weighted by atomic mass is 16.5. The molecule has 1 amide bonds. The molecule has 0 aliphatic rings. The van der Waals surface area contributed by atoms with E-state index in [4.69, 9.17) is 4.74 Å². The van der Waals surface area contributed by atoms with Crippen molar-refractivity contribution in [2.24, 2.45) is 0 Å². The molecule has 5 nitrogen and oxygen atoms in total. The van der Waals surface area contributed by atoms with Crippen molar-refractivity contribution in [1.82, 2.24) is 9.88 Å². The molecule has 21 heavy (non-hydrogen) atoms. The molecule has 2 aromatic rings. The van der Waals surface area contributed by atoms with E-state index < -0.39 is 6.10 Å². The summed E-state index contributed by atoms with van der Waals surface area (Å²) in [6.07, 6.45) is 2.91. The summed E-state index contributed by atoms with van der Waals surface area (Å²) in [5.41, 5.74) is 0.711. The zero-order chi connectivity index (χ0) is 15.2. The van der Waals surface area contributed by atoms with Gasteiger partial charge in [-0.25, -0.2) is 0 Å². The molecule has 5 heteroatoms. The Labute approximate surface area is 124 Å². The number of carbonyl (C=O) groups is 1. The second-order valence-corrected chi connectivity index (χ2v) is 4.84. The maximum absolute atomic E-state index is 12.0. The lowest BCUT2D eigenvalue weighted by atomic mass is 10.1. The largest absolute Gasteiger partial charge is 0.497 e. The van der Waals surface area contributed by atoms with Crippen molar-refractivity contribution < 1.29 is 14.6 Å². The number of hydrogen-bond donors (Lipinski definition) is 2. The van der Waals surface area contributed by atoms with E-state index in [9.17, 15) is 9.90 Å². The van der Waals surface area contributed by atoms with E-state index in [0.717, 1.165) is 0 Å². The van der Waals surface area contributed by atoms with Gasteiger partial charge in [-0.05, 0) is 36.8 Å².